The van der Waals surface area contributed by atoms with Crippen molar-refractivity contribution in [3.05, 3.63) is 85.5 Å². The number of ether oxygens (including phenoxy) is 1. The normalized spacial score (nSPS) is 20.1. The SMILES string of the molecule is Cc1c(C(=O)N(C2CC2)C2CCC3NNC=C3C2)cc(CN=[N+]=[N-])n1Cc1cccc(OCN=[N+]=[N-])c1. The number of rotatable bonds is 10. The topological polar surface area (TPSA) is 156 Å². The van der Waals surface area contributed by atoms with Crippen LogP contribution >= 0.6 is 0 Å². The third-order valence-electron chi connectivity index (χ3n) is 7.36. The Morgan fingerprint density at radius 1 is 1.16 bits per heavy atom. The van der Waals surface area contributed by atoms with E-state index in [2.05, 4.69) is 35.8 Å². The van der Waals surface area contributed by atoms with Crippen LogP contribution < -0.4 is 15.6 Å². The van der Waals surface area contributed by atoms with Crippen molar-refractivity contribution in [1.82, 2.24) is 20.3 Å². The van der Waals surface area contributed by atoms with E-state index < -0.39 is 0 Å². The van der Waals surface area contributed by atoms with Crippen LogP contribution in [0.4, 0.5) is 0 Å². The number of nitrogens with one attached hydrogen (secondary N) is 2. The van der Waals surface area contributed by atoms with E-state index in [0.29, 0.717) is 23.9 Å². The van der Waals surface area contributed by atoms with E-state index in [1.165, 1.54) is 5.57 Å². The maximum atomic E-state index is 14.0. The summed E-state index contributed by atoms with van der Waals surface area (Å²) in [6, 6.07) is 10.2. The van der Waals surface area contributed by atoms with Gasteiger partial charge in [0.05, 0.1) is 12.1 Å². The van der Waals surface area contributed by atoms with Gasteiger partial charge >= 0.3 is 0 Å². The highest BCUT2D eigenvalue weighted by Crippen LogP contribution is 2.38. The number of hydrogen-bond donors (Lipinski definition) is 2. The Morgan fingerprint density at radius 3 is 2.76 bits per heavy atom. The van der Waals surface area contributed by atoms with Gasteiger partial charge in [-0.25, -0.2) is 5.43 Å². The molecule has 2 saturated carbocycles. The predicted octanol–water partition coefficient (Wildman–Crippen LogP) is 4.82. The van der Waals surface area contributed by atoms with Crippen LogP contribution in [-0.2, 0) is 13.1 Å². The van der Waals surface area contributed by atoms with Crippen LogP contribution in [-0.4, -0.2) is 40.2 Å². The fourth-order valence-corrected chi connectivity index (χ4v) is 5.41. The molecule has 5 rings (SSSR count). The van der Waals surface area contributed by atoms with Gasteiger partial charge in [0.2, 0.25) is 0 Å². The van der Waals surface area contributed by atoms with Gasteiger partial charge < -0.3 is 19.6 Å². The highest BCUT2D eigenvalue weighted by Gasteiger charge is 2.41. The van der Waals surface area contributed by atoms with Gasteiger partial charge in [-0.15, -0.1) is 0 Å². The van der Waals surface area contributed by atoms with Gasteiger partial charge in [-0.1, -0.05) is 22.4 Å². The van der Waals surface area contributed by atoms with E-state index in [1.54, 1.807) is 6.07 Å². The van der Waals surface area contributed by atoms with Crippen molar-refractivity contribution in [3.63, 3.8) is 0 Å². The predicted molar refractivity (Wildman–Crippen MR) is 137 cm³/mol. The summed E-state index contributed by atoms with van der Waals surface area (Å²) < 4.78 is 7.52. The third-order valence-corrected chi connectivity index (χ3v) is 7.36. The van der Waals surface area contributed by atoms with E-state index >= 15 is 0 Å². The van der Waals surface area contributed by atoms with Crippen molar-refractivity contribution < 1.29 is 9.53 Å². The fourth-order valence-electron chi connectivity index (χ4n) is 5.41. The third kappa shape index (κ3) is 5.36. The summed E-state index contributed by atoms with van der Waals surface area (Å²) in [5.41, 5.74) is 28.4. The molecule has 0 radical (unpaired) electrons. The highest BCUT2D eigenvalue weighted by molar-refractivity contribution is 5.96. The summed E-state index contributed by atoms with van der Waals surface area (Å²) >= 11 is 0. The maximum absolute atomic E-state index is 14.0. The Balaban J connectivity index is 1.42. The van der Waals surface area contributed by atoms with Gasteiger partial charge in [-0.2, -0.15) is 0 Å². The first-order valence-corrected chi connectivity index (χ1v) is 12.5. The zero-order valence-electron chi connectivity index (χ0n) is 20.7. The molecule has 2 unspecified atom stereocenters. The molecular formula is C25H30N10O2. The van der Waals surface area contributed by atoms with Crippen LogP contribution in [0.1, 0.15) is 59.4 Å². The van der Waals surface area contributed by atoms with Gasteiger partial charge in [-0.05, 0) is 79.4 Å². The molecule has 2 N–H and O–H groups in total. The largest absolute Gasteiger partial charge is 0.488 e. The summed E-state index contributed by atoms with van der Waals surface area (Å²) in [6.07, 6.45) is 6.95. The number of hydrogen-bond acceptors (Lipinski definition) is 6. The molecule has 1 aromatic heterocycles. The first kappa shape index (κ1) is 24.6. The average molecular weight is 503 g/mol. The van der Waals surface area contributed by atoms with Crippen molar-refractivity contribution in [2.75, 3.05) is 6.73 Å². The summed E-state index contributed by atoms with van der Waals surface area (Å²) in [7, 11) is 0. The number of azide groups is 2. The molecule has 2 aromatic rings. The lowest BCUT2D eigenvalue weighted by atomic mass is 9.86. The Bertz CT molecular complexity index is 1300. The van der Waals surface area contributed by atoms with Crippen molar-refractivity contribution in [2.45, 2.75) is 70.2 Å². The van der Waals surface area contributed by atoms with Crippen molar-refractivity contribution in [1.29, 1.82) is 0 Å². The Kier molecular flexibility index (Phi) is 7.23. The second kappa shape index (κ2) is 10.9. The molecule has 37 heavy (non-hydrogen) atoms. The Morgan fingerprint density at radius 2 is 1.97 bits per heavy atom. The second-order valence-corrected chi connectivity index (χ2v) is 9.70. The quantitative estimate of drug-likeness (QED) is 0.271. The molecule has 1 aliphatic heterocycles. The van der Waals surface area contributed by atoms with Crippen LogP contribution in [0.5, 0.6) is 5.75 Å². The average Bonchev–Trinajstić information content (AvgIpc) is 3.54. The fraction of sp³-hybridized carbons (Fsp3) is 0.480. The zero-order chi connectivity index (χ0) is 25.8. The van der Waals surface area contributed by atoms with Crippen LogP contribution in [0, 0.1) is 6.92 Å². The lowest BCUT2D eigenvalue weighted by Crippen LogP contribution is -2.46. The number of nitrogens with zero attached hydrogens (tertiary/aromatic N) is 8. The second-order valence-electron chi connectivity index (χ2n) is 9.70. The molecule has 0 bridgehead atoms. The van der Waals surface area contributed by atoms with Crippen LogP contribution in [0.2, 0.25) is 0 Å². The van der Waals surface area contributed by atoms with Gasteiger partial charge in [0.1, 0.15) is 5.75 Å². The monoisotopic (exact) mass is 502 g/mol. The lowest BCUT2D eigenvalue weighted by Gasteiger charge is -2.37. The first-order chi connectivity index (χ1) is 18.1. The standard InChI is InChI=1S/C25H30N10O2/c1-16-23(25(36)35(19-5-6-19)20-7-8-24-18(10-20)12-28-31-24)11-21(13-29-32-26)34(16)14-17-3-2-4-22(9-17)37-15-30-33-27/h2-4,9,11-12,19-20,24,28,31H,5-8,10,13-15H2,1H3. The van der Waals surface area contributed by atoms with E-state index in [-0.39, 0.29) is 31.3 Å². The molecule has 2 fully saturated rings. The smallest absolute Gasteiger partial charge is 0.256 e. The minimum Gasteiger partial charge on any atom is -0.488 e. The molecule has 0 saturated heterocycles. The molecule has 1 amide bonds. The number of carbonyl (C=O) groups is 1. The van der Waals surface area contributed by atoms with Crippen LogP contribution in [0.3, 0.4) is 0 Å². The van der Waals surface area contributed by atoms with Gasteiger partial charge in [0.25, 0.3) is 5.91 Å². The minimum atomic E-state index is -0.0920. The zero-order valence-corrected chi connectivity index (χ0v) is 20.7. The summed E-state index contributed by atoms with van der Waals surface area (Å²) in [5, 5.41) is 7.20. The molecule has 1 aromatic carbocycles. The summed E-state index contributed by atoms with van der Waals surface area (Å²) in [6.45, 7) is 2.48. The summed E-state index contributed by atoms with van der Waals surface area (Å²) in [4.78, 5) is 21.8. The Hall–Kier alpha value is -4.11. The van der Waals surface area contributed by atoms with Crippen molar-refractivity contribution in [3.8, 4) is 5.75 Å². The molecule has 2 atom stereocenters. The molecule has 12 nitrogen and oxygen atoms in total. The molecule has 3 aliphatic rings. The number of hydrazine groups is 1. The minimum absolute atomic E-state index is 0.0513. The molecular weight excluding hydrogens is 472 g/mol. The molecule has 0 spiro atoms. The van der Waals surface area contributed by atoms with E-state index in [4.69, 9.17) is 15.8 Å². The summed E-state index contributed by atoms with van der Waals surface area (Å²) in [5.74, 6) is 0.638. The number of benzene rings is 1. The molecule has 2 aliphatic carbocycles. The molecule has 192 valence electrons. The maximum Gasteiger partial charge on any atom is 0.256 e. The molecule has 2 heterocycles. The first-order valence-electron chi connectivity index (χ1n) is 12.5. The van der Waals surface area contributed by atoms with E-state index in [0.717, 1.165) is 49.1 Å². The van der Waals surface area contributed by atoms with E-state index in [9.17, 15) is 4.79 Å². The van der Waals surface area contributed by atoms with Crippen molar-refractivity contribution >= 4 is 5.91 Å². The molecule has 12 heteroatoms. The lowest BCUT2D eigenvalue weighted by molar-refractivity contribution is 0.0628. The van der Waals surface area contributed by atoms with Gasteiger partial charge in [0.15, 0.2) is 6.73 Å². The van der Waals surface area contributed by atoms with Crippen LogP contribution in [0.15, 0.2) is 52.3 Å². The number of amides is 1. The number of carbonyl (C=O) groups excluding carboxylic acids is 1. The van der Waals surface area contributed by atoms with Gasteiger partial charge in [-0.3, -0.25) is 4.79 Å². The highest BCUT2D eigenvalue weighted by atomic mass is 16.5. The number of fused-ring (bicyclic) bond motifs is 1. The van der Waals surface area contributed by atoms with Gasteiger partial charge in [0, 0.05) is 52.1 Å². The van der Waals surface area contributed by atoms with Crippen molar-refractivity contribution in [2.24, 2.45) is 10.2 Å². The van der Waals surface area contributed by atoms with E-state index in [1.807, 2.05) is 42.0 Å². The Labute approximate surface area is 214 Å². The van der Waals surface area contributed by atoms with Crippen LogP contribution in [0.25, 0.3) is 20.9 Å². The number of aromatic nitrogens is 1.